The van der Waals surface area contributed by atoms with E-state index in [-0.39, 0.29) is 24.6 Å². The van der Waals surface area contributed by atoms with Crippen LogP contribution >= 0.6 is 11.6 Å². The number of methoxy groups -OCH3 is 1. The molecule has 2 rings (SSSR count). The number of ether oxygens (including phenoxy) is 2. The van der Waals surface area contributed by atoms with Gasteiger partial charge in [-0.1, -0.05) is 17.7 Å². The molecule has 1 aromatic rings. The average molecular weight is 363 g/mol. The summed E-state index contributed by atoms with van der Waals surface area (Å²) in [5, 5.41) is 5.21. The van der Waals surface area contributed by atoms with Gasteiger partial charge in [0.2, 0.25) is 0 Å². The molecule has 1 unspecified atom stereocenters. The number of rotatable bonds is 6. The second kappa shape index (κ2) is 9.15. The summed E-state index contributed by atoms with van der Waals surface area (Å²) in [5.74, 6) is -1.56. The first-order valence-electron chi connectivity index (χ1n) is 7.82. The Morgan fingerprint density at radius 2 is 2.29 bits per heavy atom. The lowest BCUT2D eigenvalue weighted by Crippen LogP contribution is -2.35. The quantitative estimate of drug-likeness (QED) is 0.603. The SMILES string of the molecule is COC(=O)NCCO[C@@H](c1ccc(F)c(Cl)c1F)C1CCCNC1. The Hall–Kier alpha value is -1.44. The molecule has 5 nitrogen and oxygen atoms in total. The fraction of sp³-hybridized carbons (Fsp3) is 0.562. The molecule has 1 amide bonds. The molecule has 1 aliphatic heterocycles. The average Bonchev–Trinajstić information content (AvgIpc) is 2.61. The first kappa shape index (κ1) is 18.9. The number of benzene rings is 1. The maximum absolute atomic E-state index is 14.4. The van der Waals surface area contributed by atoms with E-state index in [1.807, 2.05) is 0 Å². The number of piperidine rings is 1. The topological polar surface area (TPSA) is 59.6 Å². The number of hydrogen-bond acceptors (Lipinski definition) is 4. The van der Waals surface area contributed by atoms with E-state index in [4.69, 9.17) is 16.3 Å². The third-order valence-electron chi connectivity index (χ3n) is 3.99. The van der Waals surface area contributed by atoms with Crippen molar-refractivity contribution in [1.82, 2.24) is 10.6 Å². The van der Waals surface area contributed by atoms with Crippen molar-refractivity contribution in [2.24, 2.45) is 5.92 Å². The first-order chi connectivity index (χ1) is 11.5. The largest absolute Gasteiger partial charge is 0.453 e. The highest BCUT2D eigenvalue weighted by Crippen LogP contribution is 2.35. The summed E-state index contributed by atoms with van der Waals surface area (Å²) in [6.45, 7) is 1.97. The number of nitrogens with one attached hydrogen (secondary N) is 2. The van der Waals surface area contributed by atoms with Crippen LogP contribution in [0, 0.1) is 17.6 Å². The summed E-state index contributed by atoms with van der Waals surface area (Å²) in [6, 6.07) is 2.50. The van der Waals surface area contributed by atoms with E-state index in [1.54, 1.807) is 0 Å². The Kier molecular flexibility index (Phi) is 7.20. The normalized spacial score (nSPS) is 18.9. The lowest BCUT2D eigenvalue weighted by molar-refractivity contribution is 0.00254. The van der Waals surface area contributed by atoms with Crippen molar-refractivity contribution < 1.29 is 23.0 Å². The van der Waals surface area contributed by atoms with Gasteiger partial charge in [0.05, 0.1) is 19.8 Å². The van der Waals surface area contributed by atoms with Crippen molar-refractivity contribution >= 4 is 17.7 Å². The molecule has 1 heterocycles. The Labute approximate surface area is 144 Å². The van der Waals surface area contributed by atoms with Crippen LogP contribution in [0.1, 0.15) is 24.5 Å². The van der Waals surface area contributed by atoms with Crippen LogP contribution in [0.15, 0.2) is 12.1 Å². The molecule has 2 atom stereocenters. The minimum Gasteiger partial charge on any atom is -0.453 e. The number of alkyl carbamates (subject to hydrolysis) is 1. The van der Waals surface area contributed by atoms with E-state index in [0.717, 1.165) is 25.5 Å². The molecule has 8 heteroatoms. The predicted molar refractivity (Wildman–Crippen MR) is 86.1 cm³/mol. The van der Waals surface area contributed by atoms with Crippen LogP contribution in [-0.2, 0) is 9.47 Å². The van der Waals surface area contributed by atoms with E-state index < -0.39 is 28.9 Å². The highest BCUT2D eigenvalue weighted by molar-refractivity contribution is 6.30. The van der Waals surface area contributed by atoms with Crippen LogP contribution in [0.3, 0.4) is 0 Å². The zero-order valence-electron chi connectivity index (χ0n) is 13.4. The molecule has 1 aromatic carbocycles. The van der Waals surface area contributed by atoms with E-state index in [1.165, 1.54) is 13.2 Å². The second-order valence-electron chi connectivity index (χ2n) is 5.58. The van der Waals surface area contributed by atoms with Crippen LogP contribution in [0.5, 0.6) is 0 Å². The van der Waals surface area contributed by atoms with Gasteiger partial charge in [-0.2, -0.15) is 0 Å². The molecule has 1 saturated heterocycles. The van der Waals surface area contributed by atoms with Crippen molar-refractivity contribution in [2.45, 2.75) is 18.9 Å². The minimum absolute atomic E-state index is 0.0351. The number of carbonyl (C=O) groups excluding carboxylic acids is 1. The van der Waals surface area contributed by atoms with Gasteiger partial charge >= 0.3 is 6.09 Å². The van der Waals surface area contributed by atoms with Crippen molar-refractivity contribution in [2.75, 3.05) is 33.4 Å². The van der Waals surface area contributed by atoms with Gasteiger partial charge in [0, 0.05) is 24.6 Å². The van der Waals surface area contributed by atoms with Gasteiger partial charge in [0.1, 0.15) is 10.8 Å². The summed E-state index contributed by atoms with van der Waals surface area (Å²) in [6.07, 6.45) is 0.665. The molecule has 0 spiro atoms. The third kappa shape index (κ3) is 4.78. The fourth-order valence-corrected chi connectivity index (χ4v) is 2.96. The highest BCUT2D eigenvalue weighted by atomic mass is 35.5. The standard InChI is InChI=1S/C16H21ClF2N2O3/c1-23-16(22)21-7-8-24-15(10-3-2-6-20-9-10)11-4-5-12(18)13(17)14(11)19/h4-5,10,15,20H,2-3,6-9H2,1H3,(H,21,22)/t10?,15-/m1/s1. The van der Waals surface area contributed by atoms with Crippen LogP contribution in [0.2, 0.25) is 5.02 Å². The number of amides is 1. The predicted octanol–water partition coefficient (Wildman–Crippen LogP) is 3.03. The summed E-state index contributed by atoms with van der Waals surface area (Å²) in [5.41, 5.74) is 0.230. The van der Waals surface area contributed by atoms with Gasteiger partial charge < -0.3 is 20.1 Å². The molecule has 0 aliphatic carbocycles. The van der Waals surface area contributed by atoms with Gasteiger partial charge in [-0.25, -0.2) is 13.6 Å². The van der Waals surface area contributed by atoms with Crippen LogP contribution in [0.4, 0.5) is 13.6 Å². The Bertz CT molecular complexity index is 568. The van der Waals surface area contributed by atoms with E-state index >= 15 is 0 Å². The Morgan fingerprint density at radius 1 is 1.50 bits per heavy atom. The van der Waals surface area contributed by atoms with E-state index in [2.05, 4.69) is 15.4 Å². The first-order valence-corrected chi connectivity index (χ1v) is 8.20. The summed E-state index contributed by atoms with van der Waals surface area (Å²) in [4.78, 5) is 11.0. The number of carbonyl (C=O) groups is 1. The summed E-state index contributed by atoms with van der Waals surface area (Å²) < 4.78 is 38.1. The van der Waals surface area contributed by atoms with Gasteiger partial charge in [-0.15, -0.1) is 0 Å². The van der Waals surface area contributed by atoms with E-state index in [9.17, 15) is 13.6 Å². The lowest BCUT2D eigenvalue weighted by Gasteiger charge is -2.31. The van der Waals surface area contributed by atoms with Crippen molar-refractivity contribution in [3.05, 3.63) is 34.4 Å². The highest BCUT2D eigenvalue weighted by Gasteiger charge is 2.29. The molecular formula is C16H21ClF2N2O3. The molecule has 1 aliphatic rings. The zero-order valence-corrected chi connectivity index (χ0v) is 14.2. The molecule has 2 N–H and O–H groups in total. The molecule has 134 valence electrons. The molecule has 1 fully saturated rings. The molecular weight excluding hydrogens is 342 g/mol. The van der Waals surface area contributed by atoms with Crippen molar-refractivity contribution in [3.63, 3.8) is 0 Å². The third-order valence-corrected chi connectivity index (χ3v) is 4.34. The molecule has 0 bridgehead atoms. The summed E-state index contributed by atoms with van der Waals surface area (Å²) >= 11 is 5.69. The lowest BCUT2D eigenvalue weighted by atomic mass is 9.89. The monoisotopic (exact) mass is 362 g/mol. The zero-order chi connectivity index (χ0) is 17.5. The van der Waals surface area contributed by atoms with E-state index in [0.29, 0.717) is 6.54 Å². The molecule has 24 heavy (non-hydrogen) atoms. The fourth-order valence-electron chi connectivity index (χ4n) is 2.79. The maximum atomic E-state index is 14.4. The smallest absolute Gasteiger partial charge is 0.406 e. The van der Waals surface area contributed by atoms with Crippen LogP contribution in [-0.4, -0.2) is 39.4 Å². The Morgan fingerprint density at radius 3 is 2.96 bits per heavy atom. The van der Waals surface area contributed by atoms with Crippen molar-refractivity contribution in [3.8, 4) is 0 Å². The molecule has 0 saturated carbocycles. The van der Waals surface area contributed by atoms with Gasteiger partial charge in [0.15, 0.2) is 5.82 Å². The van der Waals surface area contributed by atoms with Gasteiger partial charge in [-0.05, 0) is 25.5 Å². The number of hydrogen-bond donors (Lipinski definition) is 2. The summed E-state index contributed by atoms with van der Waals surface area (Å²) in [7, 11) is 1.27. The minimum atomic E-state index is -0.800. The number of halogens is 3. The van der Waals surface area contributed by atoms with Gasteiger partial charge in [-0.3, -0.25) is 0 Å². The van der Waals surface area contributed by atoms with Crippen LogP contribution in [0.25, 0.3) is 0 Å². The maximum Gasteiger partial charge on any atom is 0.406 e. The van der Waals surface area contributed by atoms with Gasteiger partial charge in [0.25, 0.3) is 0 Å². The molecule has 0 radical (unpaired) electrons. The second-order valence-corrected chi connectivity index (χ2v) is 5.96. The molecule has 0 aromatic heterocycles. The Balaban J connectivity index is 2.11. The van der Waals surface area contributed by atoms with Crippen LogP contribution < -0.4 is 10.6 Å². The van der Waals surface area contributed by atoms with Crippen molar-refractivity contribution in [1.29, 1.82) is 0 Å².